The normalized spacial score (nSPS) is 29.7. The molecule has 2 heterocycles. The van der Waals surface area contributed by atoms with Crippen molar-refractivity contribution in [2.45, 2.75) is 44.5 Å². The fraction of sp³-hybridized carbons (Fsp3) is 0.615. The molecule has 1 unspecified atom stereocenters. The lowest BCUT2D eigenvalue weighted by molar-refractivity contribution is -0.144. The van der Waals surface area contributed by atoms with Crippen LogP contribution in [-0.4, -0.2) is 55.1 Å². The van der Waals surface area contributed by atoms with E-state index in [1.165, 1.54) is 0 Å². The van der Waals surface area contributed by atoms with Crippen LogP contribution in [0.15, 0.2) is 21.9 Å². The van der Waals surface area contributed by atoms with Crippen LogP contribution in [0, 0.1) is 5.92 Å². The number of aromatic nitrogens is 2. The number of carbonyl (C=O) groups is 1. The van der Waals surface area contributed by atoms with Gasteiger partial charge in [0.15, 0.2) is 12.0 Å². The Balaban J connectivity index is 2.29. The number of H-pyrrole nitrogens is 1. The summed E-state index contributed by atoms with van der Waals surface area (Å²) in [6.07, 6.45) is -6.31. The van der Waals surface area contributed by atoms with Crippen molar-refractivity contribution in [1.82, 2.24) is 9.55 Å². The smallest absolute Gasteiger partial charge is 0.330 e. The molecule has 0 spiro atoms. The molecule has 5 atom stereocenters. The first kappa shape index (κ1) is 16.6. The minimum Gasteiger partial charge on any atom is -0.387 e. The standard InChI is InChI=1S/C13H18N2O7/c1-5(2)7(17)8(18)11-9(19)10(20)12(22-11)15-4-3-6(16)14-13(15)21/h3-5,8-12,18-20H,1-2H3,(H,14,16,21)/t8?,9-,10+,11+,12+/m0/s1. The highest BCUT2D eigenvalue weighted by molar-refractivity contribution is 5.85. The van der Waals surface area contributed by atoms with Crippen LogP contribution in [0.1, 0.15) is 20.1 Å². The molecule has 0 bridgehead atoms. The third-order valence-electron chi connectivity index (χ3n) is 3.57. The third kappa shape index (κ3) is 2.88. The van der Waals surface area contributed by atoms with Crippen molar-refractivity contribution < 1.29 is 24.9 Å². The van der Waals surface area contributed by atoms with Crippen LogP contribution in [0.2, 0.25) is 0 Å². The summed E-state index contributed by atoms with van der Waals surface area (Å²) in [5.74, 6) is -1.04. The molecule has 1 aliphatic heterocycles. The van der Waals surface area contributed by atoms with Gasteiger partial charge in [-0.25, -0.2) is 4.79 Å². The van der Waals surface area contributed by atoms with Crippen molar-refractivity contribution in [2.24, 2.45) is 5.92 Å². The first-order valence-corrected chi connectivity index (χ1v) is 6.79. The van der Waals surface area contributed by atoms with Gasteiger partial charge in [0, 0.05) is 18.2 Å². The molecule has 22 heavy (non-hydrogen) atoms. The van der Waals surface area contributed by atoms with Crippen molar-refractivity contribution in [2.75, 3.05) is 0 Å². The molecule has 0 amide bonds. The molecule has 1 fully saturated rings. The molecule has 9 nitrogen and oxygen atoms in total. The number of Topliss-reactive ketones (excluding diaryl/α,β-unsaturated/α-hetero) is 1. The maximum absolute atomic E-state index is 11.8. The molecule has 9 heteroatoms. The lowest BCUT2D eigenvalue weighted by Gasteiger charge is -2.21. The van der Waals surface area contributed by atoms with Gasteiger partial charge < -0.3 is 20.1 Å². The lowest BCUT2D eigenvalue weighted by Crippen LogP contribution is -2.44. The Morgan fingerprint density at radius 1 is 1.32 bits per heavy atom. The molecule has 1 aliphatic rings. The van der Waals surface area contributed by atoms with Crippen LogP contribution >= 0.6 is 0 Å². The van der Waals surface area contributed by atoms with Crippen molar-refractivity contribution in [3.63, 3.8) is 0 Å². The van der Waals surface area contributed by atoms with Gasteiger partial charge in [0.2, 0.25) is 0 Å². The van der Waals surface area contributed by atoms with E-state index in [4.69, 9.17) is 4.74 Å². The molecule has 0 aliphatic carbocycles. The number of aliphatic hydroxyl groups excluding tert-OH is 3. The highest BCUT2D eigenvalue weighted by Crippen LogP contribution is 2.30. The highest BCUT2D eigenvalue weighted by atomic mass is 16.6. The van der Waals surface area contributed by atoms with Crippen LogP contribution < -0.4 is 11.2 Å². The van der Waals surface area contributed by atoms with Gasteiger partial charge in [0.25, 0.3) is 5.56 Å². The zero-order chi connectivity index (χ0) is 16.6. The molecule has 122 valence electrons. The number of ketones is 1. The van der Waals surface area contributed by atoms with E-state index in [9.17, 15) is 29.7 Å². The zero-order valence-corrected chi connectivity index (χ0v) is 12.0. The summed E-state index contributed by atoms with van der Waals surface area (Å²) in [4.78, 5) is 36.5. The Kier molecular flexibility index (Phi) is 4.61. The first-order chi connectivity index (χ1) is 10.2. The molecule has 0 aromatic carbocycles. The maximum atomic E-state index is 11.8. The van der Waals surface area contributed by atoms with Crippen molar-refractivity contribution in [3.8, 4) is 0 Å². The molecular weight excluding hydrogens is 296 g/mol. The molecule has 4 N–H and O–H groups in total. The number of ether oxygens (including phenoxy) is 1. The number of aromatic amines is 1. The highest BCUT2D eigenvalue weighted by Gasteiger charge is 2.49. The average Bonchev–Trinajstić information content (AvgIpc) is 2.74. The lowest BCUT2D eigenvalue weighted by atomic mass is 9.96. The van der Waals surface area contributed by atoms with E-state index in [0.717, 1.165) is 16.8 Å². The van der Waals surface area contributed by atoms with Gasteiger partial charge in [-0.05, 0) is 0 Å². The molecule has 0 radical (unpaired) electrons. The number of hydrogen-bond donors (Lipinski definition) is 4. The first-order valence-electron chi connectivity index (χ1n) is 6.79. The van der Waals surface area contributed by atoms with Gasteiger partial charge in [-0.3, -0.25) is 19.1 Å². The summed E-state index contributed by atoms with van der Waals surface area (Å²) in [7, 11) is 0. The van der Waals surface area contributed by atoms with E-state index in [1.54, 1.807) is 13.8 Å². The third-order valence-corrected chi connectivity index (χ3v) is 3.57. The van der Waals surface area contributed by atoms with Crippen LogP contribution in [0.5, 0.6) is 0 Å². The molecule has 2 rings (SSSR count). The van der Waals surface area contributed by atoms with Crippen LogP contribution in [0.4, 0.5) is 0 Å². The Labute approximate surface area is 124 Å². The number of aliphatic hydroxyl groups is 3. The summed E-state index contributed by atoms with van der Waals surface area (Å²) in [5.41, 5.74) is -1.46. The van der Waals surface area contributed by atoms with Crippen molar-refractivity contribution in [1.29, 1.82) is 0 Å². The second-order valence-electron chi connectivity index (χ2n) is 5.49. The summed E-state index contributed by atoms with van der Waals surface area (Å²) >= 11 is 0. The number of hydrogen-bond acceptors (Lipinski definition) is 7. The Hall–Kier alpha value is -1.81. The van der Waals surface area contributed by atoms with Crippen LogP contribution in [0.3, 0.4) is 0 Å². The summed E-state index contributed by atoms with van der Waals surface area (Å²) < 4.78 is 6.17. The molecular formula is C13H18N2O7. The predicted octanol–water partition coefficient (Wildman–Crippen LogP) is -2.26. The van der Waals surface area contributed by atoms with E-state index in [-0.39, 0.29) is 0 Å². The monoisotopic (exact) mass is 314 g/mol. The van der Waals surface area contributed by atoms with Crippen LogP contribution in [0.25, 0.3) is 0 Å². The Bertz CT molecular complexity index is 665. The average molecular weight is 314 g/mol. The molecule has 0 saturated carbocycles. The summed E-state index contributed by atoms with van der Waals surface area (Å²) in [6.45, 7) is 3.15. The second kappa shape index (κ2) is 6.13. The number of nitrogens with zero attached hydrogens (tertiary/aromatic N) is 1. The minimum absolute atomic E-state index is 0.488. The number of rotatable bonds is 4. The fourth-order valence-electron chi connectivity index (χ4n) is 2.31. The van der Waals surface area contributed by atoms with Gasteiger partial charge >= 0.3 is 5.69 Å². The predicted molar refractivity (Wildman–Crippen MR) is 73.1 cm³/mol. The van der Waals surface area contributed by atoms with Gasteiger partial charge in [-0.2, -0.15) is 0 Å². The molecule has 1 aromatic heterocycles. The van der Waals surface area contributed by atoms with E-state index in [0.29, 0.717) is 0 Å². The van der Waals surface area contributed by atoms with Gasteiger partial charge in [-0.1, -0.05) is 13.8 Å². The number of nitrogens with one attached hydrogen (secondary N) is 1. The number of carbonyl (C=O) groups excluding carboxylic acids is 1. The van der Waals surface area contributed by atoms with E-state index in [2.05, 4.69) is 0 Å². The fourth-order valence-corrected chi connectivity index (χ4v) is 2.31. The van der Waals surface area contributed by atoms with Gasteiger partial charge in [0.1, 0.15) is 24.4 Å². The quantitative estimate of drug-likeness (QED) is 0.491. The van der Waals surface area contributed by atoms with E-state index in [1.807, 2.05) is 4.98 Å². The van der Waals surface area contributed by atoms with E-state index < -0.39 is 53.6 Å². The molecule has 1 aromatic rings. The Morgan fingerprint density at radius 3 is 2.50 bits per heavy atom. The van der Waals surface area contributed by atoms with Crippen molar-refractivity contribution >= 4 is 5.78 Å². The van der Waals surface area contributed by atoms with Crippen LogP contribution in [-0.2, 0) is 9.53 Å². The molecule has 1 saturated heterocycles. The maximum Gasteiger partial charge on any atom is 0.330 e. The topological polar surface area (TPSA) is 142 Å². The SMILES string of the molecule is CC(C)C(=O)C(O)[C@H]1O[C@@H](n2ccc(=O)[nH]c2=O)[C@H](O)[C@@H]1O. The summed E-state index contributed by atoms with van der Waals surface area (Å²) in [5, 5.41) is 29.9. The zero-order valence-electron chi connectivity index (χ0n) is 12.0. The van der Waals surface area contributed by atoms with Gasteiger partial charge in [-0.15, -0.1) is 0 Å². The van der Waals surface area contributed by atoms with Crippen molar-refractivity contribution in [3.05, 3.63) is 33.1 Å². The van der Waals surface area contributed by atoms with Gasteiger partial charge in [0.05, 0.1) is 0 Å². The second-order valence-corrected chi connectivity index (χ2v) is 5.49. The minimum atomic E-state index is -1.63. The largest absolute Gasteiger partial charge is 0.387 e. The Morgan fingerprint density at radius 2 is 1.95 bits per heavy atom. The van der Waals surface area contributed by atoms with E-state index >= 15 is 0 Å². The summed E-state index contributed by atoms with van der Waals surface area (Å²) in [6, 6.07) is 1.05.